The molecule has 0 bridgehead atoms. The van der Waals surface area contributed by atoms with Crippen LogP contribution in [0.3, 0.4) is 0 Å². The number of pyridine rings is 1. The third-order valence-electron chi connectivity index (χ3n) is 4.70. The van der Waals surface area contributed by atoms with Crippen LogP contribution in [-0.4, -0.2) is 26.9 Å². The number of hydrogen-bond donors (Lipinski definition) is 1. The Morgan fingerprint density at radius 1 is 1.30 bits per heavy atom. The van der Waals surface area contributed by atoms with Crippen LogP contribution in [0.1, 0.15) is 41.5 Å². The lowest BCUT2D eigenvalue weighted by Crippen LogP contribution is -2.14. The molecule has 5 nitrogen and oxygen atoms in total. The number of benzene rings is 1. The van der Waals surface area contributed by atoms with E-state index in [1.807, 2.05) is 6.92 Å². The maximum absolute atomic E-state index is 13.8. The van der Waals surface area contributed by atoms with E-state index in [1.54, 1.807) is 47.9 Å². The lowest BCUT2D eigenvalue weighted by Gasteiger charge is -2.11. The Labute approximate surface area is 157 Å². The summed E-state index contributed by atoms with van der Waals surface area (Å²) in [7, 11) is 0. The van der Waals surface area contributed by atoms with Crippen LogP contribution in [0.2, 0.25) is 0 Å². The van der Waals surface area contributed by atoms with Gasteiger partial charge in [0.2, 0.25) is 0 Å². The van der Waals surface area contributed by atoms with Crippen LogP contribution in [-0.2, 0) is 6.61 Å². The van der Waals surface area contributed by atoms with Gasteiger partial charge in [-0.3, -0.25) is 9.20 Å². The summed E-state index contributed by atoms with van der Waals surface area (Å²) in [5.74, 6) is 0.0293. The number of carbonyl (C=O) groups excluding carboxylic acids is 1. The van der Waals surface area contributed by atoms with Gasteiger partial charge >= 0.3 is 0 Å². The largest absolute Gasteiger partial charge is 0.485 e. The number of halogens is 1. The van der Waals surface area contributed by atoms with Gasteiger partial charge in [-0.15, -0.1) is 0 Å². The zero-order chi connectivity index (χ0) is 19.4. The number of Topliss-reactive ketones (excluding diaryl/α,β-unsaturated/α-hetero) is 1. The fourth-order valence-corrected chi connectivity index (χ4v) is 3.07. The van der Waals surface area contributed by atoms with Crippen molar-refractivity contribution in [3.63, 3.8) is 0 Å². The molecule has 27 heavy (non-hydrogen) atoms. The Bertz CT molecular complexity index is 948. The first-order valence-corrected chi connectivity index (χ1v) is 9.03. The minimum Gasteiger partial charge on any atom is -0.485 e. The van der Waals surface area contributed by atoms with Gasteiger partial charge in [0.1, 0.15) is 18.1 Å². The van der Waals surface area contributed by atoms with E-state index in [-0.39, 0.29) is 37.2 Å². The lowest BCUT2D eigenvalue weighted by atomic mass is 9.99. The van der Waals surface area contributed by atoms with Gasteiger partial charge in [0.05, 0.1) is 5.69 Å². The van der Waals surface area contributed by atoms with E-state index in [0.717, 1.165) is 6.42 Å². The monoisotopic (exact) mass is 370 g/mol. The summed E-state index contributed by atoms with van der Waals surface area (Å²) in [5.41, 5.74) is 2.07. The maximum Gasteiger partial charge on any atom is 0.181 e. The fraction of sp³-hybridized carbons (Fsp3) is 0.333. The Morgan fingerprint density at radius 2 is 2.07 bits per heavy atom. The molecule has 2 heterocycles. The summed E-state index contributed by atoms with van der Waals surface area (Å²) in [4.78, 5) is 17.2. The molecule has 0 aliphatic carbocycles. The SMILES string of the molecule is CC[C@H](CO)CC(=O)c1c(C)nc2c(OCc3ccccc3F)cccn12. The van der Waals surface area contributed by atoms with Gasteiger partial charge in [0.25, 0.3) is 0 Å². The van der Waals surface area contributed by atoms with Crippen LogP contribution in [0.4, 0.5) is 4.39 Å². The van der Waals surface area contributed by atoms with Crippen molar-refractivity contribution in [2.45, 2.75) is 33.3 Å². The number of carbonyl (C=O) groups is 1. The van der Waals surface area contributed by atoms with E-state index in [0.29, 0.717) is 28.3 Å². The molecule has 142 valence electrons. The second-order valence-corrected chi connectivity index (χ2v) is 6.58. The summed E-state index contributed by atoms with van der Waals surface area (Å²) in [5, 5.41) is 9.37. The molecule has 1 atom stereocenters. The highest BCUT2D eigenvalue weighted by Crippen LogP contribution is 2.25. The number of hydrogen-bond acceptors (Lipinski definition) is 4. The number of aryl methyl sites for hydroxylation is 1. The van der Waals surface area contributed by atoms with E-state index >= 15 is 0 Å². The summed E-state index contributed by atoms with van der Waals surface area (Å²) in [6.45, 7) is 3.78. The van der Waals surface area contributed by atoms with Crippen LogP contribution in [0.25, 0.3) is 5.65 Å². The second-order valence-electron chi connectivity index (χ2n) is 6.58. The average molecular weight is 370 g/mol. The van der Waals surface area contributed by atoms with E-state index in [9.17, 15) is 14.3 Å². The molecule has 0 aliphatic heterocycles. The van der Waals surface area contributed by atoms with Crippen LogP contribution >= 0.6 is 0 Å². The molecule has 1 aromatic carbocycles. The lowest BCUT2D eigenvalue weighted by molar-refractivity contribution is 0.0927. The van der Waals surface area contributed by atoms with Crippen molar-refractivity contribution in [3.05, 3.63) is 65.4 Å². The first-order chi connectivity index (χ1) is 13.0. The Morgan fingerprint density at radius 3 is 2.78 bits per heavy atom. The van der Waals surface area contributed by atoms with Gasteiger partial charge in [0.15, 0.2) is 17.2 Å². The molecule has 0 saturated carbocycles. The predicted molar refractivity (Wildman–Crippen MR) is 100 cm³/mol. The van der Waals surface area contributed by atoms with Gasteiger partial charge in [0, 0.05) is 24.8 Å². The van der Waals surface area contributed by atoms with E-state index in [2.05, 4.69) is 4.98 Å². The molecule has 1 N–H and O–H groups in total. The molecule has 0 aliphatic rings. The van der Waals surface area contributed by atoms with Crippen LogP contribution in [0, 0.1) is 18.7 Å². The molecule has 0 amide bonds. The van der Waals surface area contributed by atoms with Gasteiger partial charge in [-0.05, 0) is 31.0 Å². The third-order valence-corrected chi connectivity index (χ3v) is 4.70. The van der Waals surface area contributed by atoms with Gasteiger partial charge in [-0.1, -0.05) is 31.5 Å². The van der Waals surface area contributed by atoms with Crippen molar-refractivity contribution < 1.29 is 19.0 Å². The van der Waals surface area contributed by atoms with Crippen molar-refractivity contribution in [3.8, 4) is 5.75 Å². The van der Waals surface area contributed by atoms with Crippen LogP contribution < -0.4 is 4.74 Å². The van der Waals surface area contributed by atoms with E-state index < -0.39 is 0 Å². The molecule has 3 aromatic rings. The summed E-state index contributed by atoms with van der Waals surface area (Å²) in [6.07, 6.45) is 2.76. The zero-order valence-corrected chi connectivity index (χ0v) is 15.5. The normalized spacial score (nSPS) is 12.3. The standard InChI is InChI=1S/C21H23FN2O3/c1-3-15(12-25)11-18(26)20-14(2)23-21-19(9-6-10-24(20)21)27-13-16-7-4-5-8-17(16)22/h4-10,15,25H,3,11-13H2,1-2H3/t15-/m0/s1. The number of imidazole rings is 1. The average Bonchev–Trinajstić information content (AvgIpc) is 3.01. The zero-order valence-electron chi connectivity index (χ0n) is 15.5. The number of ketones is 1. The van der Waals surface area contributed by atoms with E-state index in [4.69, 9.17) is 4.74 Å². The van der Waals surface area contributed by atoms with Crippen molar-refractivity contribution in [2.24, 2.45) is 5.92 Å². The molecular weight excluding hydrogens is 347 g/mol. The number of aromatic nitrogens is 2. The minimum absolute atomic E-state index is 0.0188. The Kier molecular flexibility index (Phi) is 5.86. The molecule has 2 aromatic heterocycles. The number of aliphatic hydroxyl groups excluding tert-OH is 1. The molecule has 0 spiro atoms. The first-order valence-electron chi connectivity index (χ1n) is 9.03. The fourth-order valence-electron chi connectivity index (χ4n) is 3.07. The van der Waals surface area contributed by atoms with Crippen molar-refractivity contribution >= 4 is 11.4 Å². The third kappa shape index (κ3) is 4.01. The number of nitrogens with zero attached hydrogens (tertiary/aromatic N) is 2. The Balaban J connectivity index is 1.89. The highest BCUT2D eigenvalue weighted by Gasteiger charge is 2.21. The number of ether oxygens (including phenoxy) is 1. The smallest absolute Gasteiger partial charge is 0.181 e. The predicted octanol–water partition coefficient (Wildman–Crippen LogP) is 3.95. The first kappa shape index (κ1) is 19.0. The Hall–Kier alpha value is -2.73. The number of fused-ring (bicyclic) bond motifs is 1. The molecule has 0 unspecified atom stereocenters. The number of rotatable bonds is 8. The quantitative estimate of drug-likeness (QED) is 0.610. The van der Waals surface area contributed by atoms with E-state index in [1.165, 1.54) is 6.07 Å². The van der Waals surface area contributed by atoms with Crippen LogP contribution in [0.15, 0.2) is 42.6 Å². The summed E-state index contributed by atoms with van der Waals surface area (Å²) >= 11 is 0. The van der Waals surface area contributed by atoms with Gasteiger partial charge in [-0.25, -0.2) is 9.37 Å². The molecule has 0 fully saturated rings. The molecule has 0 radical (unpaired) electrons. The van der Waals surface area contributed by atoms with Crippen molar-refractivity contribution in [2.75, 3.05) is 6.61 Å². The van der Waals surface area contributed by atoms with Crippen molar-refractivity contribution in [1.29, 1.82) is 0 Å². The topological polar surface area (TPSA) is 63.8 Å². The minimum atomic E-state index is -0.325. The highest BCUT2D eigenvalue weighted by atomic mass is 19.1. The number of aliphatic hydroxyl groups is 1. The molecule has 3 rings (SSSR count). The summed E-state index contributed by atoms with van der Waals surface area (Å²) < 4.78 is 21.3. The summed E-state index contributed by atoms with van der Waals surface area (Å²) in [6, 6.07) is 9.96. The highest BCUT2D eigenvalue weighted by molar-refractivity contribution is 5.96. The maximum atomic E-state index is 13.8. The van der Waals surface area contributed by atoms with Crippen molar-refractivity contribution in [1.82, 2.24) is 9.38 Å². The molecule has 6 heteroatoms. The van der Waals surface area contributed by atoms with Gasteiger partial charge in [-0.2, -0.15) is 0 Å². The second kappa shape index (κ2) is 8.31. The van der Waals surface area contributed by atoms with Crippen LogP contribution in [0.5, 0.6) is 5.75 Å². The molecule has 0 saturated heterocycles. The molecular formula is C21H23FN2O3. The van der Waals surface area contributed by atoms with Gasteiger partial charge < -0.3 is 9.84 Å².